The van der Waals surface area contributed by atoms with Gasteiger partial charge in [-0.3, -0.25) is 0 Å². The number of aromatic nitrogens is 2. The number of hydrogen-bond donors (Lipinski definition) is 1. The van der Waals surface area contributed by atoms with E-state index in [2.05, 4.69) is 5.10 Å². The van der Waals surface area contributed by atoms with Gasteiger partial charge in [-0.15, -0.1) is 0 Å². The smallest absolute Gasteiger partial charge is 0.123 e. The van der Waals surface area contributed by atoms with Gasteiger partial charge in [-0.1, -0.05) is 6.07 Å². The summed E-state index contributed by atoms with van der Waals surface area (Å²) in [6.45, 7) is 1.73. The van der Waals surface area contributed by atoms with Crippen molar-refractivity contribution in [3.05, 3.63) is 60.0 Å². The van der Waals surface area contributed by atoms with E-state index in [0.29, 0.717) is 0 Å². The van der Waals surface area contributed by atoms with Crippen LogP contribution in [0.5, 0.6) is 0 Å². The minimum absolute atomic E-state index is 0.267. The van der Waals surface area contributed by atoms with E-state index in [0.717, 1.165) is 22.2 Å². The minimum Gasteiger partial charge on any atom is -0.389 e. The molecular weight excluding hydrogens is 243 g/mol. The molecule has 0 fully saturated rings. The monoisotopic (exact) mass is 256 g/mol. The second-order valence-electron chi connectivity index (χ2n) is 4.53. The first-order chi connectivity index (χ1) is 9.15. The summed E-state index contributed by atoms with van der Waals surface area (Å²) in [7, 11) is 0. The molecule has 1 atom stereocenters. The fourth-order valence-corrected chi connectivity index (χ4v) is 2.10. The fourth-order valence-electron chi connectivity index (χ4n) is 2.10. The van der Waals surface area contributed by atoms with Gasteiger partial charge in [0, 0.05) is 5.39 Å². The molecule has 0 bridgehead atoms. The molecule has 3 aromatic rings. The molecular formula is C15H13FN2O. The summed E-state index contributed by atoms with van der Waals surface area (Å²) in [5, 5.41) is 14.8. The molecule has 3 rings (SSSR count). The molecule has 1 aromatic heterocycles. The predicted octanol–water partition coefficient (Wildman–Crippen LogP) is 3.22. The molecule has 0 amide bonds. The Kier molecular flexibility index (Phi) is 2.80. The van der Waals surface area contributed by atoms with Crippen LogP contribution < -0.4 is 0 Å². The molecule has 0 radical (unpaired) electrons. The van der Waals surface area contributed by atoms with Gasteiger partial charge >= 0.3 is 0 Å². The largest absolute Gasteiger partial charge is 0.389 e. The molecule has 1 N–H and O–H groups in total. The first-order valence-electron chi connectivity index (χ1n) is 6.07. The molecule has 2 aromatic carbocycles. The third-order valence-electron chi connectivity index (χ3n) is 3.15. The zero-order valence-corrected chi connectivity index (χ0v) is 10.4. The summed E-state index contributed by atoms with van der Waals surface area (Å²) in [5.41, 5.74) is 2.59. The molecule has 0 aliphatic rings. The number of halogens is 1. The lowest BCUT2D eigenvalue weighted by Crippen LogP contribution is -1.96. The number of aliphatic hydroxyl groups excluding tert-OH is 1. The van der Waals surface area contributed by atoms with E-state index >= 15 is 0 Å². The van der Waals surface area contributed by atoms with Crippen LogP contribution in [0.3, 0.4) is 0 Å². The van der Waals surface area contributed by atoms with Gasteiger partial charge in [-0.25, -0.2) is 9.07 Å². The van der Waals surface area contributed by atoms with Crippen molar-refractivity contribution >= 4 is 10.9 Å². The van der Waals surface area contributed by atoms with Crippen molar-refractivity contribution in [2.75, 3.05) is 0 Å². The van der Waals surface area contributed by atoms with Crippen LogP contribution in [-0.4, -0.2) is 14.9 Å². The van der Waals surface area contributed by atoms with E-state index in [9.17, 15) is 9.50 Å². The van der Waals surface area contributed by atoms with Gasteiger partial charge in [0.25, 0.3) is 0 Å². The molecule has 0 aliphatic heterocycles. The first-order valence-corrected chi connectivity index (χ1v) is 6.07. The Morgan fingerprint density at radius 2 is 1.89 bits per heavy atom. The standard InChI is InChI=1S/C15H13FN2O/c1-10(19)11-2-7-15-12(8-11)9-17-18(15)14-5-3-13(16)4-6-14/h2-10,19H,1H3. The van der Waals surface area contributed by atoms with E-state index in [4.69, 9.17) is 0 Å². The van der Waals surface area contributed by atoms with Gasteiger partial charge in [-0.05, 0) is 48.9 Å². The molecule has 19 heavy (non-hydrogen) atoms. The van der Waals surface area contributed by atoms with E-state index in [-0.39, 0.29) is 5.82 Å². The lowest BCUT2D eigenvalue weighted by atomic mass is 10.1. The molecule has 1 heterocycles. The highest BCUT2D eigenvalue weighted by atomic mass is 19.1. The van der Waals surface area contributed by atoms with Gasteiger partial charge in [0.1, 0.15) is 5.82 Å². The van der Waals surface area contributed by atoms with E-state index < -0.39 is 6.10 Å². The number of hydrogen-bond acceptors (Lipinski definition) is 2. The summed E-state index contributed by atoms with van der Waals surface area (Å²) in [6.07, 6.45) is 1.24. The first kappa shape index (κ1) is 11.9. The number of rotatable bonds is 2. The van der Waals surface area contributed by atoms with Crippen molar-refractivity contribution in [2.45, 2.75) is 13.0 Å². The topological polar surface area (TPSA) is 38.1 Å². The summed E-state index contributed by atoms with van der Waals surface area (Å²) in [5.74, 6) is -0.267. The van der Waals surface area contributed by atoms with Gasteiger partial charge in [-0.2, -0.15) is 5.10 Å². The highest BCUT2D eigenvalue weighted by Crippen LogP contribution is 2.22. The average molecular weight is 256 g/mol. The molecule has 0 saturated heterocycles. The Labute approximate surface area is 109 Å². The molecule has 1 unspecified atom stereocenters. The average Bonchev–Trinajstić information content (AvgIpc) is 2.82. The maximum absolute atomic E-state index is 12.9. The van der Waals surface area contributed by atoms with Gasteiger partial charge in [0.2, 0.25) is 0 Å². The number of fused-ring (bicyclic) bond motifs is 1. The molecule has 0 spiro atoms. The lowest BCUT2D eigenvalue weighted by molar-refractivity contribution is 0.199. The van der Waals surface area contributed by atoms with Crippen LogP contribution in [0.2, 0.25) is 0 Å². The normalized spacial score (nSPS) is 12.8. The molecule has 4 heteroatoms. The van der Waals surface area contributed by atoms with Crippen LogP contribution in [0.25, 0.3) is 16.6 Å². The van der Waals surface area contributed by atoms with Crippen LogP contribution in [0.4, 0.5) is 4.39 Å². The predicted molar refractivity (Wildman–Crippen MR) is 71.7 cm³/mol. The maximum atomic E-state index is 12.9. The molecule has 0 saturated carbocycles. The van der Waals surface area contributed by atoms with Crippen molar-refractivity contribution < 1.29 is 9.50 Å². The highest BCUT2D eigenvalue weighted by Gasteiger charge is 2.07. The third kappa shape index (κ3) is 2.11. The zero-order chi connectivity index (χ0) is 13.4. The van der Waals surface area contributed by atoms with Gasteiger partial charge in [0.05, 0.1) is 23.5 Å². The van der Waals surface area contributed by atoms with E-state index in [1.54, 1.807) is 29.9 Å². The second-order valence-corrected chi connectivity index (χ2v) is 4.53. The Morgan fingerprint density at radius 3 is 2.58 bits per heavy atom. The summed E-state index contributed by atoms with van der Waals surface area (Å²) in [6, 6.07) is 11.9. The van der Waals surface area contributed by atoms with Crippen molar-refractivity contribution in [3.63, 3.8) is 0 Å². The lowest BCUT2D eigenvalue weighted by Gasteiger charge is -2.06. The number of benzene rings is 2. The van der Waals surface area contributed by atoms with Crippen LogP contribution in [0.1, 0.15) is 18.6 Å². The summed E-state index contributed by atoms with van der Waals surface area (Å²) < 4.78 is 14.7. The second kappa shape index (κ2) is 4.48. The Hall–Kier alpha value is -2.20. The number of aliphatic hydroxyl groups is 1. The highest BCUT2D eigenvalue weighted by molar-refractivity contribution is 5.81. The number of nitrogens with zero attached hydrogens (tertiary/aromatic N) is 2. The van der Waals surface area contributed by atoms with Crippen LogP contribution in [0, 0.1) is 5.82 Å². The minimum atomic E-state index is -0.501. The van der Waals surface area contributed by atoms with E-state index in [1.807, 2.05) is 18.2 Å². The molecule has 3 nitrogen and oxygen atoms in total. The zero-order valence-electron chi connectivity index (χ0n) is 10.4. The van der Waals surface area contributed by atoms with Crippen LogP contribution in [-0.2, 0) is 0 Å². The summed E-state index contributed by atoms with van der Waals surface area (Å²) in [4.78, 5) is 0. The third-order valence-corrected chi connectivity index (χ3v) is 3.15. The maximum Gasteiger partial charge on any atom is 0.123 e. The van der Waals surface area contributed by atoms with Crippen molar-refractivity contribution in [2.24, 2.45) is 0 Å². The molecule has 96 valence electrons. The van der Waals surface area contributed by atoms with E-state index in [1.165, 1.54) is 12.1 Å². The summed E-state index contributed by atoms with van der Waals surface area (Å²) >= 11 is 0. The SMILES string of the molecule is CC(O)c1ccc2c(cnn2-c2ccc(F)cc2)c1. The van der Waals surface area contributed by atoms with Crippen molar-refractivity contribution in [1.29, 1.82) is 0 Å². The van der Waals surface area contributed by atoms with Gasteiger partial charge < -0.3 is 5.11 Å². The van der Waals surface area contributed by atoms with Crippen LogP contribution in [0.15, 0.2) is 48.7 Å². The van der Waals surface area contributed by atoms with Crippen molar-refractivity contribution in [1.82, 2.24) is 9.78 Å². The fraction of sp³-hybridized carbons (Fsp3) is 0.133. The van der Waals surface area contributed by atoms with Crippen LogP contribution >= 0.6 is 0 Å². The molecule has 0 aliphatic carbocycles. The quantitative estimate of drug-likeness (QED) is 0.764. The van der Waals surface area contributed by atoms with Crippen molar-refractivity contribution in [3.8, 4) is 5.69 Å². The Balaban J connectivity index is 2.13. The Morgan fingerprint density at radius 1 is 1.16 bits per heavy atom. The Bertz CT molecular complexity index is 717. The van der Waals surface area contributed by atoms with Gasteiger partial charge in [0.15, 0.2) is 0 Å².